The highest BCUT2D eigenvalue weighted by Crippen LogP contribution is 2.24. The molecule has 0 unspecified atom stereocenters. The van der Waals surface area contributed by atoms with Gasteiger partial charge in [-0.25, -0.2) is 0 Å². The highest BCUT2D eigenvalue weighted by molar-refractivity contribution is 8.15. The molecule has 1 atom stereocenters. The van der Waals surface area contributed by atoms with Crippen LogP contribution in [0.15, 0.2) is 58.7 Å². The normalized spacial score (nSPS) is 19.1. The van der Waals surface area contributed by atoms with Crippen LogP contribution in [0.1, 0.15) is 11.1 Å². The molecule has 2 aromatic rings. The third kappa shape index (κ3) is 4.15. The number of nitrogens with one attached hydrogen (secondary N) is 1. The van der Waals surface area contributed by atoms with Gasteiger partial charge in [-0.05, 0) is 36.2 Å². The van der Waals surface area contributed by atoms with Gasteiger partial charge in [-0.2, -0.15) is 5.10 Å². The third-order valence-corrected chi connectivity index (χ3v) is 4.72. The molecule has 0 saturated carbocycles. The van der Waals surface area contributed by atoms with Crippen LogP contribution in [-0.4, -0.2) is 27.6 Å². The van der Waals surface area contributed by atoms with E-state index in [1.54, 1.807) is 36.4 Å². The molecule has 24 heavy (non-hydrogen) atoms. The summed E-state index contributed by atoms with van der Waals surface area (Å²) in [5, 5.41) is 21.2. The zero-order valence-corrected chi connectivity index (χ0v) is 14.1. The summed E-state index contributed by atoms with van der Waals surface area (Å²) >= 11 is 7.20. The summed E-state index contributed by atoms with van der Waals surface area (Å²) in [6.45, 7) is 0. The van der Waals surface area contributed by atoms with Crippen LogP contribution in [0.4, 0.5) is 0 Å². The molecule has 0 spiro atoms. The van der Waals surface area contributed by atoms with E-state index in [9.17, 15) is 9.90 Å². The summed E-state index contributed by atoms with van der Waals surface area (Å²) < 4.78 is 0. The molecule has 0 aromatic heterocycles. The summed E-state index contributed by atoms with van der Waals surface area (Å²) in [6.07, 6.45) is 2.04. The van der Waals surface area contributed by atoms with Crippen molar-refractivity contribution in [2.45, 2.75) is 11.7 Å². The molecule has 1 aliphatic rings. The molecule has 0 radical (unpaired) electrons. The van der Waals surface area contributed by atoms with Crippen molar-refractivity contribution < 1.29 is 9.90 Å². The first-order valence-corrected chi connectivity index (χ1v) is 8.48. The highest BCUT2D eigenvalue weighted by atomic mass is 35.5. The van der Waals surface area contributed by atoms with E-state index < -0.39 is 0 Å². The lowest BCUT2D eigenvalue weighted by molar-refractivity contribution is -0.118. The quantitative estimate of drug-likeness (QED) is 0.650. The average molecular weight is 360 g/mol. The molecule has 1 amide bonds. The van der Waals surface area contributed by atoms with Crippen molar-refractivity contribution in [3.05, 3.63) is 64.7 Å². The maximum absolute atomic E-state index is 12.0. The van der Waals surface area contributed by atoms with Crippen molar-refractivity contribution in [3.63, 3.8) is 0 Å². The van der Waals surface area contributed by atoms with Crippen molar-refractivity contribution >= 4 is 40.7 Å². The van der Waals surface area contributed by atoms with E-state index in [0.29, 0.717) is 22.2 Å². The van der Waals surface area contributed by atoms with Crippen LogP contribution in [0.3, 0.4) is 0 Å². The Bertz CT molecular complexity index is 806. The summed E-state index contributed by atoms with van der Waals surface area (Å²) in [5.74, 6) is 0.0385. The Morgan fingerprint density at radius 3 is 2.71 bits per heavy atom. The number of rotatable bonds is 4. The second-order valence-electron chi connectivity index (χ2n) is 5.13. The van der Waals surface area contributed by atoms with Crippen LogP contribution >= 0.6 is 23.4 Å². The molecular formula is C17H14ClN3O2S. The van der Waals surface area contributed by atoms with Crippen molar-refractivity contribution in [2.75, 3.05) is 0 Å². The van der Waals surface area contributed by atoms with Gasteiger partial charge in [0, 0.05) is 10.6 Å². The van der Waals surface area contributed by atoms with Gasteiger partial charge in [0.15, 0.2) is 5.17 Å². The monoisotopic (exact) mass is 359 g/mol. The number of phenolic OH excluding ortho intramolecular Hbond substituents is 1. The van der Waals surface area contributed by atoms with Gasteiger partial charge in [-0.15, -0.1) is 5.10 Å². The van der Waals surface area contributed by atoms with E-state index in [-0.39, 0.29) is 16.9 Å². The summed E-state index contributed by atoms with van der Waals surface area (Å²) in [6, 6.07) is 14.2. The molecule has 2 N–H and O–H groups in total. The van der Waals surface area contributed by atoms with E-state index in [1.807, 2.05) is 12.1 Å². The minimum absolute atomic E-state index is 0.0912. The number of hydrogen-bond donors (Lipinski definition) is 2. The molecule has 3 rings (SSSR count). The minimum Gasteiger partial charge on any atom is -0.507 e. The number of hydrogen-bond acceptors (Lipinski definition) is 5. The maximum Gasteiger partial charge on any atom is 0.239 e. The van der Waals surface area contributed by atoms with Gasteiger partial charge in [0.1, 0.15) is 5.75 Å². The Hall–Kier alpha value is -2.31. The van der Waals surface area contributed by atoms with Crippen molar-refractivity contribution in [1.82, 2.24) is 5.32 Å². The van der Waals surface area contributed by atoms with Crippen LogP contribution < -0.4 is 5.32 Å². The topological polar surface area (TPSA) is 74.0 Å². The second-order valence-corrected chi connectivity index (χ2v) is 6.76. The Balaban J connectivity index is 1.63. The van der Waals surface area contributed by atoms with Gasteiger partial charge in [0.2, 0.25) is 5.91 Å². The van der Waals surface area contributed by atoms with Crippen LogP contribution in [0.25, 0.3) is 0 Å². The lowest BCUT2D eigenvalue weighted by atomic mass is 10.1. The lowest BCUT2D eigenvalue weighted by Gasteiger charge is -2.05. The van der Waals surface area contributed by atoms with E-state index in [1.165, 1.54) is 18.0 Å². The predicted octanol–water partition coefficient (Wildman–Crippen LogP) is 3.21. The van der Waals surface area contributed by atoms with Crippen LogP contribution in [-0.2, 0) is 11.2 Å². The standard InChI is InChI=1S/C17H14ClN3O2S/c18-13-7-5-11(6-8-13)9-15-16(23)20-17(24-15)21-19-10-12-3-1-2-4-14(12)22/h1-8,10,15,22H,9H2,(H,20,21,23)/b19-10+/t15-/m0/s1. The smallest absolute Gasteiger partial charge is 0.239 e. The molecule has 122 valence electrons. The molecule has 1 fully saturated rings. The first-order chi connectivity index (χ1) is 11.6. The maximum atomic E-state index is 12.0. The zero-order chi connectivity index (χ0) is 16.9. The van der Waals surface area contributed by atoms with Crippen LogP contribution in [0, 0.1) is 0 Å². The molecule has 1 heterocycles. The van der Waals surface area contributed by atoms with E-state index >= 15 is 0 Å². The highest BCUT2D eigenvalue weighted by Gasteiger charge is 2.30. The number of nitrogens with zero attached hydrogens (tertiary/aromatic N) is 2. The summed E-state index contributed by atoms with van der Waals surface area (Å²) in [5.41, 5.74) is 1.60. The number of amidine groups is 1. The number of benzene rings is 2. The van der Waals surface area contributed by atoms with Crippen molar-refractivity contribution in [2.24, 2.45) is 10.2 Å². The first-order valence-electron chi connectivity index (χ1n) is 7.23. The molecular weight excluding hydrogens is 346 g/mol. The minimum atomic E-state index is -0.245. The molecule has 1 saturated heterocycles. The average Bonchev–Trinajstić information content (AvgIpc) is 2.91. The number of phenols is 1. The SMILES string of the molecule is O=C1N/C(=N\N=C\c2ccccc2O)S[C@H]1Cc1ccc(Cl)cc1. The predicted molar refractivity (Wildman–Crippen MR) is 97.8 cm³/mol. The molecule has 2 aromatic carbocycles. The van der Waals surface area contributed by atoms with E-state index in [4.69, 9.17) is 11.6 Å². The molecule has 7 heteroatoms. The number of thioether (sulfide) groups is 1. The summed E-state index contributed by atoms with van der Waals surface area (Å²) in [7, 11) is 0. The van der Waals surface area contributed by atoms with Gasteiger partial charge in [-0.3, -0.25) is 4.79 Å². The van der Waals surface area contributed by atoms with Crippen molar-refractivity contribution in [1.29, 1.82) is 0 Å². The number of aromatic hydroxyl groups is 1. The van der Waals surface area contributed by atoms with Crippen LogP contribution in [0.2, 0.25) is 5.02 Å². The number of carbonyl (C=O) groups excluding carboxylic acids is 1. The Morgan fingerprint density at radius 2 is 1.96 bits per heavy atom. The fraction of sp³-hybridized carbons (Fsp3) is 0.118. The van der Waals surface area contributed by atoms with Gasteiger partial charge >= 0.3 is 0 Å². The Kier molecular flexibility index (Phi) is 5.17. The van der Waals surface area contributed by atoms with Gasteiger partial charge in [0.05, 0.1) is 11.5 Å². The molecule has 0 bridgehead atoms. The van der Waals surface area contributed by atoms with Gasteiger partial charge in [-0.1, -0.05) is 47.6 Å². The molecule has 5 nitrogen and oxygen atoms in total. The largest absolute Gasteiger partial charge is 0.507 e. The van der Waals surface area contributed by atoms with E-state index in [0.717, 1.165) is 5.56 Å². The number of halogens is 1. The summed E-state index contributed by atoms with van der Waals surface area (Å²) in [4.78, 5) is 12.0. The van der Waals surface area contributed by atoms with Crippen LogP contribution in [0.5, 0.6) is 5.75 Å². The fourth-order valence-corrected chi connectivity index (χ4v) is 3.25. The third-order valence-electron chi connectivity index (χ3n) is 3.39. The molecule has 0 aliphatic carbocycles. The number of para-hydroxylation sites is 1. The lowest BCUT2D eigenvalue weighted by Crippen LogP contribution is -2.25. The van der Waals surface area contributed by atoms with Gasteiger partial charge < -0.3 is 10.4 Å². The first kappa shape index (κ1) is 16.5. The Morgan fingerprint density at radius 1 is 1.21 bits per heavy atom. The van der Waals surface area contributed by atoms with Crippen molar-refractivity contribution in [3.8, 4) is 5.75 Å². The van der Waals surface area contributed by atoms with E-state index in [2.05, 4.69) is 15.5 Å². The zero-order valence-electron chi connectivity index (χ0n) is 12.5. The number of carbonyl (C=O) groups is 1. The van der Waals surface area contributed by atoms with Gasteiger partial charge in [0.25, 0.3) is 0 Å². The molecule has 1 aliphatic heterocycles. The Labute approximate surface area is 148 Å². The number of amides is 1. The second kappa shape index (κ2) is 7.51. The fourth-order valence-electron chi connectivity index (χ4n) is 2.16.